The van der Waals surface area contributed by atoms with Crippen LogP contribution in [-0.4, -0.2) is 30.9 Å². The van der Waals surface area contributed by atoms with Crippen molar-refractivity contribution in [1.82, 2.24) is 4.31 Å². The Morgan fingerprint density at radius 3 is 2.39 bits per heavy atom. The van der Waals surface area contributed by atoms with Crippen molar-refractivity contribution in [1.29, 1.82) is 0 Å². The van der Waals surface area contributed by atoms with Crippen molar-refractivity contribution >= 4 is 10.0 Å². The zero-order valence-electron chi connectivity index (χ0n) is 11.1. The Morgan fingerprint density at radius 2 is 1.89 bits per heavy atom. The van der Waals surface area contributed by atoms with Gasteiger partial charge < -0.3 is 5.11 Å². The molecular weight excluding hydrogens is 250 g/mol. The molecule has 1 N–H and O–H groups in total. The summed E-state index contributed by atoms with van der Waals surface area (Å²) in [5.74, 6) is 0. The van der Waals surface area contributed by atoms with Crippen LogP contribution in [-0.2, 0) is 16.6 Å². The maximum Gasteiger partial charge on any atom is 0.243 e. The highest BCUT2D eigenvalue weighted by atomic mass is 32.2. The fourth-order valence-electron chi connectivity index (χ4n) is 1.97. The van der Waals surface area contributed by atoms with Gasteiger partial charge in [0.2, 0.25) is 10.0 Å². The van der Waals surface area contributed by atoms with Gasteiger partial charge in [-0.25, -0.2) is 8.42 Å². The van der Waals surface area contributed by atoms with E-state index in [9.17, 15) is 8.42 Å². The van der Waals surface area contributed by atoms with Gasteiger partial charge in [0.05, 0.1) is 11.5 Å². The van der Waals surface area contributed by atoms with Gasteiger partial charge in [-0.1, -0.05) is 26.0 Å². The van der Waals surface area contributed by atoms with Gasteiger partial charge in [0.1, 0.15) is 0 Å². The molecule has 1 aromatic rings. The Bertz CT molecular complexity index is 481. The summed E-state index contributed by atoms with van der Waals surface area (Å²) in [6.07, 6.45) is 1.57. The minimum Gasteiger partial charge on any atom is -0.392 e. The highest BCUT2D eigenvalue weighted by Gasteiger charge is 2.25. The largest absolute Gasteiger partial charge is 0.392 e. The van der Waals surface area contributed by atoms with Gasteiger partial charge in [-0.05, 0) is 30.5 Å². The van der Waals surface area contributed by atoms with Crippen LogP contribution < -0.4 is 0 Å². The van der Waals surface area contributed by atoms with Crippen LogP contribution in [0.25, 0.3) is 0 Å². The summed E-state index contributed by atoms with van der Waals surface area (Å²) in [6, 6.07) is 6.45. The minimum atomic E-state index is -3.47. The zero-order chi connectivity index (χ0) is 13.8. The van der Waals surface area contributed by atoms with Crippen LogP contribution in [0.5, 0.6) is 0 Å². The average Bonchev–Trinajstić information content (AvgIpc) is 2.40. The van der Waals surface area contributed by atoms with E-state index in [1.165, 1.54) is 10.4 Å². The topological polar surface area (TPSA) is 57.6 Å². The normalized spacial score (nSPS) is 12.3. The molecule has 0 heterocycles. The molecule has 4 nitrogen and oxygen atoms in total. The first-order valence-corrected chi connectivity index (χ1v) is 7.59. The van der Waals surface area contributed by atoms with E-state index in [2.05, 4.69) is 0 Å². The van der Waals surface area contributed by atoms with Gasteiger partial charge in [0, 0.05) is 13.1 Å². The lowest BCUT2D eigenvalue weighted by Crippen LogP contribution is -2.36. The van der Waals surface area contributed by atoms with Crippen molar-refractivity contribution in [3.8, 4) is 0 Å². The molecule has 0 saturated heterocycles. The van der Waals surface area contributed by atoms with Crippen molar-refractivity contribution < 1.29 is 13.5 Å². The predicted molar refractivity (Wildman–Crippen MR) is 71.7 cm³/mol. The van der Waals surface area contributed by atoms with E-state index in [0.717, 1.165) is 12.8 Å². The van der Waals surface area contributed by atoms with Crippen LogP contribution >= 0.6 is 0 Å². The summed E-state index contributed by atoms with van der Waals surface area (Å²) in [6.45, 7) is 3.80. The first kappa shape index (κ1) is 15.1. The lowest BCUT2D eigenvalue weighted by Gasteiger charge is -2.25. The number of aliphatic hydroxyl groups excluding tert-OH is 1. The highest BCUT2D eigenvalue weighted by Crippen LogP contribution is 2.20. The van der Waals surface area contributed by atoms with Gasteiger partial charge >= 0.3 is 0 Å². The van der Waals surface area contributed by atoms with Crippen LogP contribution in [0.4, 0.5) is 0 Å². The van der Waals surface area contributed by atoms with Gasteiger partial charge in [0.25, 0.3) is 0 Å². The SMILES string of the molecule is CCC(CC)N(C)S(=O)(=O)c1cccc(CO)c1. The quantitative estimate of drug-likeness (QED) is 0.861. The summed E-state index contributed by atoms with van der Waals surface area (Å²) in [4.78, 5) is 0.239. The van der Waals surface area contributed by atoms with E-state index in [1.54, 1.807) is 25.2 Å². The summed E-state index contributed by atoms with van der Waals surface area (Å²) < 4.78 is 26.2. The van der Waals surface area contributed by atoms with Crippen LogP contribution in [0.2, 0.25) is 0 Å². The third-order valence-electron chi connectivity index (χ3n) is 3.21. The first-order chi connectivity index (χ1) is 8.47. The molecule has 1 rings (SSSR count). The van der Waals surface area contributed by atoms with E-state index >= 15 is 0 Å². The van der Waals surface area contributed by atoms with Crippen molar-refractivity contribution in [2.45, 2.75) is 44.2 Å². The molecule has 1 aromatic carbocycles. The molecule has 102 valence electrons. The van der Waals surface area contributed by atoms with Gasteiger partial charge in [-0.3, -0.25) is 0 Å². The molecule has 0 atom stereocenters. The van der Waals surface area contributed by atoms with Crippen molar-refractivity contribution in [3.63, 3.8) is 0 Å². The van der Waals surface area contributed by atoms with Crippen LogP contribution in [0.15, 0.2) is 29.2 Å². The maximum absolute atomic E-state index is 12.4. The fourth-order valence-corrected chi connectivity index (χ4v) is 3.54. The van der Waals surface area contributed by atoms with Crippen molar-refractivity contribution in [3.05, 3.63) is 29.8 Å². The number of nitrogens with zero attached hydrogens (tertiary/aromatic N) is 1. The Labute approximate surface area is 109 Å². The highest BCUT2D eigenvalue weighted by molar-refractivity contribution is 7.89. The predicted octanol–water partition coefficient (Wildman–Crippen LogP) is 1.99. The molecule has 0 bridgehead atoms. The lowest BCUT2D eigenvalue weighted by atomic mass is 10.2. The second-order valence-electron chi connectivity index (χ2n) is 4.30. The van der Waals surface area contributed by atoms with Crippen LogP contribution in [0, 0.1) is 0 Å². The van der Waals surface area contributed by atoms with E-state index in [4.69, 9.17) is 5.11 Å². The summed E-state index contributed by atoms with van der Waals surface area (Å²) >= 11 is 0. The van der Waals surface area contributed by atoms with E-state index in [0.29, 0.717) is 5.56 Å². The van der Waals surface area contributed by atoms with E-state index in [1.807, 2.05) is 13.8 Å². The molecule has 0 aliphatic carbocycles. The monoisotopic (exact) mass is 271 g/mol. The van der Waals surface area contributed by atoms with Crippen LogP contribution in [0.3, 0.4) is 0 Å². The molecule has 18 heavy (non-hydrogen) atoms. The number of aliphatic hydroxyl groups is 1. The molecule has 0 fully saturated rings. The molecule has 0 amide bonds. The molecule has 0 unspecified atom stereocenters. The fraction of sp³-hybridized carbons (Fsp3) is 0.538. The van der Waals surface area contributed by atoms with Crippen molar-refractivity contribution in [2.75, 3.05) is 7.05 Å². The number of hydrogen-bond acceptors (Lipinski definition) is 3. The smallest absolute Gasteiger partial charge is 0.243 e. The molecule has 0 radical (unpaired) electrons. The average molecular weight is 271 g/mol. The third kappa shape index (κ3) is 3.10. The van der Waals surface area contributed by atoms with Gasteiger partial charge in [-0.15, -0.1) is 0 Å². The molecule has 0 spiro atoms. The number of benzene rings is 1. The summed E-state index contributed by atoms with van der Waals surface area (Å²) in [5, 5.41) is 9.06. The van der Waals surface area contributed by atoms with Crippen molar-refractivity contribution in [2.24, 2.45) is 0 Å². The number of hydrogen-bond donors (Lipinski definition) is 1. The molecule has 0 aromatic heterocycles. The standard InChI is InChI=1S/C13H21NO3S/c1-4-12(5-2)14(3)18(16,17)13-8-6-7-11(9-13)10-15/h6-9,12,15H,4-5,10H2,1-3H3. The Hall–Kier alpha value is -0.910. The second-order valence-corrected chi connectivity index (χ2v) is 6.29. The molecule has 5 heteroatoms. The Balaban J connectivity index is 3.12. The number of rotatable bonds is 6. The maximum atomic E-state index is 12.4. The molecule has 0 aliphatic heterocycles. The first-order valence-electron chi connectivity index (χ1n) is 6.15. The van der Waals surface area contributed by atoms with Crippen LogP contribution in [0.1, 0.15) is 32.3 Å². The second kappa shape index (κ2) is 6.31. The molecule has 0 aliphatic rings. The van der Waals surface area contributed by atoms with Gasteiger partial charge in [-0.2, -0.15) is 4.31 Å². The third-order valence-corrected chi connectivity index (χ3v) is 5.12. The number of sulfonamides is 1. The molecule has 0 saturated carbocycles. The Morgan fingerprint density at radius 1 is 1.28 bits per heavy atom. The minimum absolute atomic E-state index is 0.00721. The van der Waals surface area contributed by atoms with E-state index < -0.39 is 10.0 Å². The van der Waals surface area contributed by atoms with Gasteiger partial charge in [0.15, 0.2) is 0 Å². The lowest BCUT2D eigenvalue weighted by molar-refractivity contribution is 0.281. The zero-order valence-corrected chi connectivity index (χ0v) is 11.9. The summed E-state index contributed by atoms with van der Waals surface area (Å²) in [5.41, 5.74) is 0.606. The Kier molecular flexibility index (Phi) is 5.31. The summed E-state index contributed by atoms with van der Waals surface area (Å²) in [7, 11) is -1.86. The molecular formula is C13H21NO3S. The van der Waals surface area contributed by atoms with E-state index in [-0.39, 0.29) is 17.5 Å².